The topological polar surface area (TPSA) is 108 Å². The average Bonchev–Trinajstić information content (AvgIpc) is 2.57. The Morgan fingerprint density at radius 1 is 1.04 bits per heavy atom. The molecule has 3 aromatic rings. The SMILES string of the molecule is O=c1[nH]c(=O)n(-c2cccc(Cl)c2)c(O)c1C=Nc1cc(Cl)ccc1O. The second kappa shape index (κ2) is 7.07. The fourth-order valence-corrected chi connectivity index (χ4v) is 2.59. The Morgan fingerprint density at radius 3 is 2.50 bits per heavy atom. The van der Waals surface area contributed by atoms with Crippen molar-refractivity contribution >= 4 is 35.1 Å². The minimum absolute atomic E-state index is 0.0943. The van der Waals surface area contributed by atoms with E-state index in [0.29, 0.717) is 10.0 Å². The number of halogens is 2. The summed E-state index contributed by atoms with van der Waals surface area (Å²) in [5, 5.41) is 20.9. The molecule has 3 N–H and O–H groups in total. The average molecular weight is 392 g/mol. The molecule has 2 aromatic carbocycles. The number of benzene rings is 2. The predicted molar refractivity (Wildman–Crippen MR) is 99.7 cm³/mol. The summed E-state index contributed by atoms with van der Waals surface area (Å²) in [5.41, 5.74) is -1.59. The van der Waals surface area contributed by atoms with Crippen molar-refractivity contribution in [3.63, 3.8) is 0 Å². The molecule has 7 nitrogen and oxygen atoms in total. The van der Waals surface area contributed by atoms with Crippen LogP contribution in [0.3, 0.4) is 0 Å². The van der Waals surface area contributed by atoms with Crippen LogP contribution in [0.25, 0.3) is 5.69 Å². The number of H-pyrrole nitrogens is 1. The Balaban J connectivity index is 2.15. The third-order valence-corrected chi connectivity index (χ3v) is 3.93. The standard InChI is InChI=1S/C17H11Cl2N3O4/c18-9-2-1-3-11(6-9)22-16(25)12(15(24)21-17(22)26)8-20-13-7-10(19)4-5-14(13)23/h1-8,23,25H,(H,21,24,26). The van der Waals surface area contributed by atoms with E-state index >= 15 is 0 Å². The molecule has 0 bridgehead atoms. The number of rotatable bonds is 3. The van der Waals surface area contributed by atoms with Crippen molar-refractivity contribution in [3.05, 3.63) is 78.9 Å². The van der Waals surface area contributed by atoms with Crippen LogP contribution in [0.1, 0.15) is 5.56 Å². The number of aliphatic imine (C=N–C) groups is 1. The number of nitrogens with one attached hydrogen (secondary N) is 1. The summed E-state index contributed by atoms with van der Waals surface area (Å²) < 4.78 is 0.881. The lowest BCUT2D eigenvalue weighted by molar-refractivity contribution is 0.430. The molecule has 132 valence electrons. The van der Waals surface area contributed by atoms with Crippen molar-refractivity contribution in [1.29, 1.82) is 0 Å². The first kappa shape index (κ1) is 17.8. The number of hydrogen-bond donors (Lipinski definition) is 3. The van der Waals surface area contributed by atoms with Crippen molar-refractivity contribution in [2.75, 3.05) is 0 Å². The summed E-state index contributed by atoms with van der Waals surface area (Å²) in [5.74, 6) is -0.781. The van der Waals surface area contributed by atoms with Crippen LogP contribution in [0.5, 0.6) is 11.6 Å². The second-order valence-electron chi connectivity index (χ2n) is 5.20. The Kier molecular flexibility index (Phi) is 4.83. The monoisotopic (exact) mass is 391 g/mol. The van der Waals surface area contributed by atoms with Crippen molar-refractivity contribution in [3.8, 4) is 17.3 Å². The van der Waals surface area contributed by atoms with Gasteiger partial charge in [0.05, 0.1) is 5.69 Å². The molecule has 0 atom stereocenters. The van der Waals surface area contributed by atoms with Crippen LogP contribution in [-0.4, -0.2) is 26.0 Å². The minimum atomic E-state index is -0.837. The molecule has 3 rings (SSSR count). The maximum Gasteiger partial charge on any atom is 0.335 e. The van der Waals surface area contributed by atoms with Gasteiger partial charge in [0.2, 0.25) is 5.88 Å². The van der Waals surface area contributed by atoms with Crippen LogP contribution < -0.4 is 11.2 Å². The quantitative estimate of drug-likeness (QED) is 0.596. The Labute approximate surface area is 156 Å². The van der Waals surface area contributed by atoms with E-state index in [1.165, 1.54) is 30.3 Å². The van der Waals surface area contributed by atoms with Crippen molar-refractivity contribution in [2.45, 2.75) is 0 Å². The van der Waals surface area contributed by atoms with Crippen molar-refractivity contribution in [2.24, 2.45) is 4.99 Å². The fraction of sp³-hybridized carbons (Fsp3) is 0. The van der Waals surface area contributed by atoms with Gasteiger partial charge in [0, 0.05) is 16.3 Å². The molecule has 0 fully saturated rings. The molecule has 0 spiro atoms. The Hall–Kier alpha value is -3.03. The number of aromatic hydroxyl groups is 2. The molecule has 0 aliphatic heterocycles. The smallest absolute Gasteiger partial charge is 0.335 e. The van der Waals surface area contributed by atoms with Gasteiger partial charge in [0.15, 0.2) is 0 Å². The zero-order valence-corrected chi connectivity index (χ0v) is 14.5. The van der Waals surface area contributed by atoms with Crippen molar-refractivity contribution in [1.82, 2.24) is 9.55 Å². The lowest BCUT2D eigenvalue weighted by Gasteiger charge is -2.09. The molecular weight excluding hydrogens is 381 g/mol. The van der Waals surface area contributed by atoms with E-state index < -0.39 is 17.1 Å². The molecule has 9 heteroatoms. The van der Waals surface area contributed by atoms with Crippen LogP contribution in [0.15, 0.2) is 57.0 Å². The number of phenolic OH excluding ortho intramolecular Hbond substituents is 1. The first-order valence-corrected chi connectivity index (χ1v) is 7.99. The minimum Gasteiger partial charge on any atom is -0.506 e. The fourth-order valence-electron chi connectivity index (χ4n) is 2.24. The molecule has 0 unspecified atom stereocenters. The van der Waals surface area contributed by atoms with Gasteiger partial charge >= 0.3 is 5.69 Å². The number of aromatic amines is 1. The molecule has 0 amide bonds. The lowest BCUT2D eigenvalue weighted by Crippen LogP contribution is -2.31. The normalized spacial score (nSPS) is 11.2. The highest BCUT2D eigenvalue weighted by Crippen LogP contribution is 2.29. The van der Waals surface area contributed by atoms with Crippen LogP contribution in [0, 0.1) is 0 Å². The highest BCUT2D eigenvalue weighted by molar-refractivity contribution is 6.31. The number of nitrogens with zero attached hydrogens (tertiary/aromatic N) is 2. The molecule has 0 saturated carbocycles. The van der Waals surface area contributed by atoms with Gasteiger partial charge in [0.1, 0.15) is 17.0 Å². The number of aromatic nitrogens is 2. The summed E-state index contributed by atoms with van der Waals surface area (Å²) in [6.45, 7) is 0. The van der Waals surface area contributed by atoms with Gasteiger partial charge in [0.25, 0.3) is 5.56 Å². The summed E-state index contributed by atoms with van der Waals surface area (Å²) in [4.78, 5) is 30.2. The maximum atomic E-state index is 12.1. The molecule has 0 radical (unpaired) electrons. The summed E-state index contributed by atoms with van der Waals surface area (Å²) in [6, 6.07) is 10.4. The molecular formula is C17H11Cl2N3O4. The Bertz CT molecular complexity index is 1140. The van der Waals surface area contributed by atoms with Gasteiger partial charge < -0.3 is 10.2 Å². The van der Waals surface area contributed by atoms with E-state index in [0.717, 1.165) is 10.8 Å². The van der Waals surface area contributed by atoms with E-state index in [2.05, 4.69) is 9.98 Å². The zero-order chi connectivity index (χ0) is 18.8. The number of hydrogen-bond acceptors (Lipinski definition) is 5. The van der Waals surface area contributed by atoms with E-state index in [1.54, 1.807) is 12.1 Å². The zero-order valence-electron chi connectivity index (χ0n) is 13.0. The van der Waals surface area contributed by atoms with Gasteiger partial charge in [-0.05, 0) is 36.4 Å². The lowest BCUT2D eigenvalue weighted by atomic mass is 10.2. The number of phenols is 1. The molecule has 0 saturated heterocycles. The first-order valence-electron chi connectivity index (χ1n) is 7.23. The highest BCUT2D eigenvalue weighted by atomic mass is 35.5. The maximum absolute atomic E-state index is 12.1. The van der Waals surface area contributed by atoms with Gasteiger partial charge in [-0.25, -0.2) is 9.36 Å². The first-order chi connectivity index (χ1) is 12.4. The largest absolute Gasteiger partial charge is 0.506 e. The van der Waals surface area contributed by atoms with Crippen LogP contribution >= 0.6 is 23.2 Å². The molecule has 0 aliphatic carbocycles. The van der Waals surface area contributed by atoms with Crippen LogP contribution in [0.4, 0.5) is 5.69 Å². The third-order valence-electron chi connectivity index (χ3n) is 3.46. The summed E-state index contributed by atoms with van der Waals surface area (Å²) in [7, 11) is 0. The summed E-state index contributed by atoms with van der Waals surface area (Å²) in [6.07, 6.45) is 1.03. The Morgan fingerprint density at radius 2 is 1.77 bits per heavy atom. The predicted octanol–water partition coefficient (Wildman–Crippen LogP) is 2.99. The molecule has 1 heterocycles. The van der Waals surface area contributed by atoms with Crippen LogP contribution in [-0.2, 0) is 0 Å². The third kappa shape index (κ3) is 3.49. The molecule has 0 aliphatic rings. The van der Waals surface area contributed by atoms with E-state index in [-0.39, 0.29) is 22.7 Å². The van der Waals surface area contributed by atoms with Crippen LogP contribution in [0.2, 0.25) is 10.0 Å². The van der Waals surface area contributed by atoms with E-state index in [1.807, 2.05) is 0 Å². The molecule has 1 aromatic heterocycles. The summed E-state index contributed by atoms with van der Waals surface area (Å²) >= 11 is 11.8. The molecule has 26 heavy (non-hydrogen) atoms. The van der Waals surface area contributed by atoms with Gasteiger partial charge in [-0.15, -0.1) is 0 Å². The van der Waals surface area contributed by atoms with Crippen molar-refractivity contribution < 1.29 is 10.2 Å². The van der Waals surface area contributed by atoms with Gasteiger partial charge in [-0.2, -0.15) is 0 Å². The highest BCUT2D eigenvalue weighted by Gasteiger charge is 2.14. The van der Waals surface area contributed by atoms with Gasteiger partial charge in [-0.3, -0.25) is 14.8 Å². The van der Waals surface area contributed by atoms with E-state index in [4.69, 9.17) is 23.2 Å². The van der Waals surface area contributed by atoms with E-state index in [9.17, 15) is 19.8 Å². The van der Waals surface area contributed by atoms with Gasteiger partial charge in [-0.1, -0.05) is 29.3 Å². The second-order valence-corrected chi connectivity index (χ2v) is 6.08.